The number of carbonyl (C=O) groups is 1. The Morgan fingerprint density at radius 1 is 1.62 bits per heavy atom. The lowest BCUT2D eigenvalue weighted by atomic mass is 10.2. The van der Waals surface area contributed by atoms with E-state index in [1.165, 1.54) is 6.42 Å². The number of nitrogens with zero attached hydrogens (tertiary/aromatic N) is 1. The maximum absolute atomic E-state index is 11.7. The zero-order valence-electron chi connectivity index (χ0n) is 8.42. The van der Waals surface area contributed by atoms with Crippen molar-refractivity contribution in [2.45, 2.75) is 25.8 Å². The number of carbonyl (C=O) groups excluding carboxylic acids is 1. The zero-order valence-corrected chi connectivity index (χ0v) is 8.42. The standard InChI is InChI=1S/C10H18N2O/c1-7-5-8(7)6-12-4-3-9(11-2)10(12)13/h7-9,11H,3-6H2,1-2H3. The van der Waals surface area contributed by atoms with Gasteiger partial charge in [-0.3, -0.25) is 4.79 Å². The highest BCUT2D eigenvalue weighted by molar-refractivity contribution is 5.83. The van der Waals surface area contributed by atoms with Crippen LogP contribution in [0, 0.1) is 11.8 Å². The van der Waals surface area contributed by atoms with Gasteiger partial charge in [0.1, 0.15) is 0 Å². The molecule has 1 amide bonds. The van der Waals surface area contributed by atoms with Crippen molar-refractivity contribution in [3.63, 3.8) is 0 Å². The third kappa shape index (κ3) is 1.70. The third-order valence-corrected chi connectivity index (χ3v) is 3.38. The van der Waals surface area contributed by atoms with Crippen molar-refractivity contribution in [3.05, 3.63) is 0 Å². The van der Waals surface area contributed by atoms with Crippen LogP contribution in [0.2, 0.25) is 0 Å². The summed E-state index contributed by atoms with van der Waals surface area (Å²) in [6.45, 7) is 4.21. The number of likely N-dealkylation sites (tertiary alicyclic amines) is 1. The molecule has 1 saturated heterocycles. The quantitative estimate of drug-likeness (QED) is 0.688. The molecule has 0 aromatic rings. The normalized spacial score (nSPS) is 38.5. The highest BCUT2D eigenvalue weighted by Gasteiger charge is 2.38. The summed E-state index contributed by atoms with van der Waals surface area (Å²) in [4.78, 5) is 13.7. The van der Waals surface area contributed by atoms with Gasteiger partial charge < -0.3 is 10.2 Å². The molecular weight excluding hydrogens is 164 g/mol. The summed E-state index contributed by atoms with van der Waals surface area (Å²) in [7, 11) is 1.87. The van der Waals surface area contributed by atoms with E-state index in [0.29, 0.717) is 5.91 Å². The molecule has 74 valence electrons. The van der Waals surface area contributed by atoms with Crippen molar-refractivity contribution >= 4 is 5.91 Å². The monoisotopic (exact) mass is 182 g/mol. The van der Waals surface area contributed by atoms with Gasteiger partial charge in [-0.15, -0.1) is 0 Å². The fourth-order valence-electron chi connectivity index (χ4n) is 2.12. The van der Waals surface area contributed by atoms with Gasteiger partial charge in [0.2, 0.25) is 5.91 Å². The molecule has 1 aliphatic heterocycles. The van der Waals surface area contributed by atoms with E-state index < -0.39 is 0 Å². The van der Waals surface area contributed by atoms with Gasteiger partial charge in [0.05, 0.1) is 6.04 Å². The number of rotatable bonds is 3. The summed E-state index contributed by atoms with van der Waals surface area (Å²) < 4.78 is 0. The Bertz CT molecular complexity index is 217. The first-order chi connectivity index (χ1) is 6.22. The molecule has 13 heavy (non-hydrogen) atoms. The fraction of sp³-hybridized carbons (Fsp3) is 0.900. The molecule has 3 atom stereocenters. The number of hydrogen-bond donors (Lipinski definition) is 1. The minimum absolute atomic E-state index is 0.0917. The minimum Gasteiger partial charge on any atom is -0.341 e. The van der Waals surface area contributed by atoms with Gasteiger partial charge in [-0.2, -0.15) is 0 Å². The summed E-state index contributed by atoms with van der Waals surface area (Å²) in [6.07, 6.45) is 2.30. The van der Waals surface area contributed by atoms with E-state index >= 15 is 0 Å². The van der Waals surface area contributed by atoms with Crippen molar-refractivity contribution in [2.24, 2.45) is 11.8 Å². The number of hydrogen-bond acceptors (Lipinski definition) is 2. The lowest BCUT2D eigenvalue weighted by Crippen LogP contribution is -2.37. The molecule has 0 radical (unpaired) electrons. The molecule has 1 saturated carbocycles. The third-order valence-electron chi connectivity index (χ3n) is 3.38. The maximum Gasteiger partial charge on any atom is 0.239 e. The second kappa shape index (κ2) is 3.29. The van der Waals surface area contributed by atoms with Crippen LogP contribution < -0.4 is 5.32 Å². The van der Waals surface area contributed by atoms with Gasteiger partial charge in [-0.25, -0.2) is 0 Å². The highest BCUT2D eigenvalue weighted by Crippen LogP contribution is 2.38. The molecule has 3 nitrogen and oxygen atoms in total. The summed E-state index contributed by atoms with van der Waals surface area (Å²) in [5.74, 6) is 1.95. The van der Waals surface area contributed by atoms with Crippen LogP contribution in [0.5, 0.6) is 0 Å². The van der Waals surface area contributed by atoms with Gasteiger partial charge in [-0.05, 0) is 31.7 Å². The zero-order chi connectivity index (χ0) is 9.42. The van der Waals surface area contributed by atoms with Crippen LogP contribution in [0.15, 0.2) is 0 Å². The van der Waals surface area contributed by atoms with Crippen molar-refractivity contribution < 1.29 is 4.79 Å². The van der Waals surface area contributed by atoms with E-state index in [1.807, 2.05) is 11.9 Å². The lowest BCUT2D eigenvalue weighted by molar-refractivity contribution is -0.129. The Morgan fingerprint density at radius 3 is 2.77 bits per heavy atom. The molecule has 1 heterocycles. The predicted octanol–water partition coefficient (Wildman–Crippen LogP) is 0.463. The van der Waals surface area contributed by atoms with E-state index in [0.717, 1.165) is 31.3 Å². The van der Waals surface area contributed by atoms with Crippen LogP contribution >= 0.6 is 0 Å². The van der Waals surface area contributed by atoms with Crippen LogP contribution in [-0.2, 0) is 4.79 Å². The summed E-state index contributed by atoms with van der Waals surface area (Å²) in [5, 5.41) is 3.06. The van der Waals surface area contributed by atoms with E-state index in [4.69, 9.17) is 0 Å². The Labute approximate surface area is 79.5 Å². The Hall–Kier alpha value is -0.570. The van der Waals surface area contributed by atoms with Gasteiger partial charge in [0.25, 0.3) is 0 Å². The molecule has 0 bridgehead atoms. The van der Waals surface area contributed by atoms with Crippen molar-refractivity contribution in [1.29, 1.82) is 0 Å². The van der Waals surface area contributed by atoms with Crippen LogP contribution in [-0.4, -0.2) is 37.0 Å². The first kappa shape index (κ1) is 9.00. The van der Waals surface area contributed by atoms with Crippen LogP contribution in [0.4, 0.5) is 0 Å². The summed E-state index contributed by atoms with van der Waals surface area (Å²) in [6, 6.07) is 0.0917. The number of nitrogens with one attached hydrogen (secondary N) is 1. The predicted molar refractivity (Wildman–Crippen MR) is 51.3 cm³/mol. The van der Waals surface area contributed by atoms with Gasteiger partial charge in [0, 0.05) is 13.1 Å². The fourth-order valence-corrected chi connectivity index (χ4v) is 2.12. The van der Waals surface area contributed by atoms with Gasteiger partial charge >= 0.3 is 0 Å². The molecule has 1 N–H and O–H groups in total. The number of likely N-dealkylation sites (N-methyl/N-ethyl adjacent to an activating group) is 1. The smallest absolute Gasteiger partial charge is 0.239 e. The van der Waals surface area contributed by atoms with E-state index in [9.17, 15) is 4.79 Å². The first-order valence-electron chi connectivity index (χ1n) is 5.18. The first-order valence-corrected chi connectivity index (χ1v) is 5.18. The second-order valence-corrected chi connectivity index (χ2v) is 4.39. The topological polar surface area (TPSA) is 32.3 Å². The Morgan fingerprint density at radius 2 is 2.31 bits per heavy atom. The number of amides is 1. The molecular formula is C10H18N2O. The minimum atomic E-state index is 0.0917. The SMILES string of the molecule is CNC1CCN(CC2CC2C)C1=O. The molecule has 0 aromatic carbocycles. The largest absolute Gasteiger partial charge is 0.341 e. The Kier molecular flexibility index (Phi) is 2.28. The summed E-state index contributed by atoms with van der Waals surface area (Å²) >= 11 is 0. The average molecular weight is 182 g/mol. The second-order valence-electron chi connectivity index (χ2n) is 4.39. The van der Waals surface area contributed by atoms with Gasteiger partial charge in [-0.1, -0.05) is 6.92 Å². The molecule has 3 heteroatoms. The van der Waals surface area contributed by atoms with Crippen molar-refractivity contribution in [1.82, 2.24) is 10.2 Å². The molecule has 2 fully saturated rings. The van der Waals surface area contributed by atoms with Crippen LogP contribution in [0.25, 0.3) is 0 Å². The molecule has 0 aromatic heterocycles. The van der Waals surface area contributed by atoms with Crippen LogP contribution in [0.1, 0.15) is 19.8 Å². The highest BCUT2D eigenvalue weighted by atomic mass is 16.2. The molecule has 2 aliphatic rings. The van der Waals surface area contributed by atoms with Crippen LogP contribution in [0.3, 0.4) is 0 Å². The average Bonchev–Trinajstić information content (AvgIpc) is 2.68. The molecule has 1 aliphatic carbocycles. The summed E-state index contributed by atoms with van der Waals surface area (Å²) in [5.41, 5.74) is 0. The maximum atomic E-state index is 11.7. The molecule has 3 unspecified atom stereocenters. The van der Waals surface area contributed by atoms with E-state index in [-0.39, 0.29) is 6.04 Å². The van der Waals surface area contributed by atoms with E-state index in [1.54, 1.807) is 0 Å². The van der Waals surface area contributed by atoms with Gasteiger partial charge in [0.15, 0.2) is 0 Å². The van der Waals surface area contributed by atoms with Crippen molar-refractivity contribution in [3.8, 4) is 0 Å². The van der Waals surface area contributed by atoms with Crippen molar-refractivity contribution in [2.75, 3.05) is 20.1 Å². The van der Waals surface area contributed by atoms with E-state index in [2.05, 4.69) is 12.2 Å². The molecule has 2 rings (SSSR count). The lowest BCUT2D eigenvalue weighted by Gasteiger charge is -2.16. The Balaban J connectivity index is 1.84. The molecule has 0 spiro atoms.